The topological polar surface area (TPSA) is 40.5 Å². The summed E-state index contributed by atoms with van der Waals surface area (Å²) in [5, 5.41) is 18.9. The predicted octanol–water partition coefficient (Wildman–Crippen LogP) is 4.17. The van der Waals surface area contributed by atoms with E-state index in [1.165, 1.54) is 12.1 Å². The van der Waals surface area contributed by atoms with Crippen molar-refractivity contribution in [3.63, 3.8) is 0 Å². The fourth-order valence-electron chi connectivity index (χ4n) is 1.12. The highest BCUT2D eigenvalue weighted by Gasteiger charge is 1.96. The average Bonchev–Trinajstić information content (AvgIpc) is 2.56. The maximum absolute atomic E-state index is 9.45. The van der Waals surface area contributed by atoms with Gasteiger partial charge in [-0.1, -0.05) is 38.1 Å². The molecule has 0 saturated carbocycles. The molecule has 1 rings (SSSR count). The van der Waals surface area contributed by atoms with Gasteiger partial charge in [0, 0.05) is 23.9 Å². The molecule has 0 atom stereocenters. The fraction of sp³-hybridized carbons (Fsp3) is 0.467. The standard InChI is InChI=1S/C15H22O2/c1-2-3-4-5-6-7-8-9-13-10-14(16)12-15(17)11-13/h7-8,10-12,16-17H,2-6,9H2,1H3/b8-7+/i1D3,2D2,3D2,4D2,5D2,6D2,7D. The van der Waals surface area contributed by atoms with Crippen LogP contribution in [0, 0.1) is 0 Å². The van der Waals surface area contributed by atoms with Crippen LogP contribution < -0.4 is 0 Å². The number of benzene rings is 1. The number of hydrogen-bond donors (Lipinski definition) is 2. The van der Waals surface area contributed by atoms with Crippen molar-refractivity contribution in [1.29, 1.82) is 0 Å². The number of phenols is 2. The lowest BCUT2D eigenvalue weighted by atomic mass is 10.1. The molecular weight excluding hydrogens is 212 g/mol. The van der Waals surface area contributed by atoms with Crippen LogP contribution in [0.2, 0.25) is 0 Å². The minimum atomic E-state index is -4.04. The molecule has 0 unspecified atom stereocenters. The monoisotopic (exact) mass is 248 g/mol. The Kier molecular flexibility index (Phi) is 1.73. The summed E-state index contributed by atoms with van der Waals surface area (Å²) in [6, 6.07) is 2.24. The van der Waals surface area contributed by atoms with Gasteiger partial charge in [0.15, 0.2) is 0 Å². The predicted molar refractivity (Wildman–Crippen MR) is 71.4 cm³/mol. The number of allylic oxidation sites excluding steroid dienone is 2. The van der Waals surface area contributed by atoms with Crippen molar-refractivity contribution in [2.45, 2.75) is 45.1 Å². The molecule has 0 radical (unpaired) electrons. The molecule has 0 heterocycles. The number of aromatic hydroxyl groups is 2. The molecule has 17 heavy (non-hydrogen) atoms. The Bertz CT molecular complexity index is 820. The summed E-state index contributed by atoms with van der Waals surface area (Å²) in [7, 11) is 0. The highest BCUT2D eigenvalue weighted by Crippen LogP contribution is 2.20. The van der Waals surface area contributed by atoms with Crippen molar-refractivity contribution in [2.24, 2.45) is 0 Å². The Hall–Kier alpha value is -1.44. The van der Waals surface area contributed by atoms with Gasteiger partial charge < -0.3 is 10.2 Å². The lowest BCUT2D eigenvalue weighted by Crippen LogP contribution is -1.81. The molecule has 0 bridgehead atoms. The Morgan fingerprint density at radius 2 is 2.00 bits per heavy atom. The maximum Gasteiger partial charge on any atom is 0.119 e. The highest BCUT2D eigenvalue weighted by atomic mass is 16.3. The Balaban J connectivity index is 3.40. The van der Waals surface area contributed by atoms with E-state index in [1.54, 1.807) is 0 Å². The lowest BCUT2D eigenvalue weighted by Gasteiger charge is -2.00. The van der Waals surface area contributed by atoms with E-state index in [0.29, 0.717) is 0 Å². The zero-order valence-electron chi connectivity index (χ0n) is 22.9. The van der Waals surface area contributed by atoms with E-state index in [0.717, 1.165) is 12.1 Å². The molecule has 0 amide bonds. The van der Waals surface area contributed by atoms with Crippen LogP contribution in [0.15, 0.2) is 30.3 Å². The Morgan fingerprint density at radius 1 is 1.24 bits per heavy atom. The van der Waals surface area contributed by atoms with E-state index in [2.05, 4.69) is 0 Å². The van der Waals surface area contributed by atoms with Crippen LogP contribution in [-0.4, -0.2) is 10.2 Å². The summed E-state index contributed by atoms with van der Waals surface area (Å²) >= 11 is 0. The molecule has 2 nitrogen and oxygen atoms in total. The van der Waals surface area contributed by atoms with Gasteiger partial charge in [0.25, 0.3) is 0 Å². The molecule has 0 aliphatic carbocycles. The second-order valence-electron chi connectivity index (χ2n) is 3.04. The molecule has 2 N–H and O–H groups in total. The maximum atomic E-state index is 9.45. The van der Waals surface area contributed by atoms with E-state index in [-0.39, 0.29) is 23.5 Å². The van der Waals surface area contributed by atoms with Crippen LogP contribution in [0.3, 0.4) is 0 Å². The van der Waals surface area contributed by atoms with Crippen LogP contribution in [0.4, 0.5) is 0 Å². The van der Waals surface area contributed by atoms with Crippen molar-refractivity contribution in [3.05, 3.63) is 35.9 Å². The minimum Gasteiger partial charge on any atom is -0.508 e. The summed E-state index contributed by atoms with van der Waals surface area (Å²) in [4.78, 5) is 0. The first-order valence-corrected chi connectivity index (χ1v) is 4.73. The van der Waals surface area contributed by atoms with Gasteiger partial charge in [-0.2, -0.15) is 0 Å². The van der Waals surface area contributed by atoms with Crippen LogP contribution in [0.25, 0.3) is 0 Å². The quantitative estimate of drug-likeness (QED) is 0.711. The van der Waals surface area contributed by atoms with Gasteiger partial charge in [0.05, 0.1) is 1.37 Å². The van der Waals surface area contributed by atoms with Crippen LogP contribution in [0.5, 0.6) is 11.5 Å². The third kappa shape index (κ3) is 6.00. The van der Waals surface area contributed by atoms with Crippen molar-refractivity contribution in [2.75, 3.05) is 0 Å². The molecule has 1 aromatic carbocycles. The van der Waals surface area contributed by atoms with E-state index in [4.69, 9.17) is 19.2 Å². The molecule has 0 spiro atoms. The molecule has 0 fully saturated rings. The normalized spacial score (nSPS) is 28.8. The van der Waals surface area contributed by atoms with Gasteiger partial charge in [-0.15, -0.1) is 0 Å². The first kappa shape index (κ1) is 3.78. The van der Waals surface area contributed by atoms with Gasteiger partial charge in [0.1, 0.15) is 11.5 Å². The summed E-state index contributed by atoms with van der Waals surface area (Å²) in [6.07, 6.45) is -18.8. The minimum absolute atomic E-state index is 0.204. The van der Waals surface area contributed by atoms with Gasteiger partial charge >= 0.3 is 0 Å². The number of hydrogen-bond acceptors (Lipinski definition) is 2. The molecule has 0 aromatic heterocycles. The Morgan fingerprint density at radius 3 is 2.71 bits per heavy atom. The summed E-state index contributed by atoms with van der Waals surface area (Å²) in [6.45, 7) is -3.69. The third-order valence-corrected chi connectivity index (χ3v) is 1.72. The second kappa shape index (κ2) is 7.77. The van der Waals surface area contributed by atoms with E-state index in [9.17, 15) is 10.2 Å². The molecule has 1 aromatic rings. The molecule has 0 saturated heterocycles. The number of rotatable bonds is 7. The molecule has 0 aliphatic heterocycles. The Labute approximate surface area is 123 Å². The third-order valence-electron chi connectivity index (χ3n) is 1.72. The van der Waals surface area contributed by atoms with Crippen LogP contribution >= 0.6 is 0 Å². The first-order valence-electron chi connectivity index (χ1n) is 11.7. The van der Waals surface area contributed by atoms with Crippen molar-refractivity contribution in [1.82, 2.24) is 0 Å². The van der Waals surface area contributed by atoms with E-state index >= 15 is 0 Å². The molecule has 0 aliphatic rings. The summed E-state index contributed by atoms with van der Waals surface area (Å²) < 4.78 is 108. The fourth-order valence-corrected chi connectivity index (χ4v) is 1.12. The lowest BCUT2D eigenvalue weighted by molar-refractivity contribution is 0.449. The molecule has 2 heteroatoms. The van der Waals surface area contributed by atoms with Crippen LogP contribution in [0.1, 0.15) is 63.5 Å². The van der Waals surface area contributed by atoms with E-state index < -0.39 is 44.8 Å². The first-order chi connectivity index (χ1) is 13.5. The summed E-state index contributed by atoms with van der Waals surface area (Å²) in [5.74, 6) is -0.658. The van der Waals surface area contributed by atoms with Crippen molar-refractivity contribution in [3.8, 4) is 11.5 Å². The molecule has 94 valence electrons. The number of phenolic OH excluding ortho intramolecular Hbond substituents is 2. The zero-order chi connectivity index (χ0) is 24.8. The highest BCUT2D eigenvalue weighted by molar-refractivity contribution is 5.37. The zero-order valence-corrected chi connectivity index (χ0v) is 8.91. The van der Waals surface area contributed by atoms with Gasteiger partial charge in [-0.3, -0.25) is 0 Å². The van der Waals surface area contributed by atoms with Gasteiger partial charge in [-0.05, 0) is 36.9 Å². The van der Waals surface area contributed by atoms with Gasteiger partial charge in [-0.25, -0.2) is 0 Å². The largest absolute Gasteiger partial charge is 0.508 e. The van der Waals surface area contributed by atoms with Crippen molar-refractivity contribution >= 4 is 0 Å². The average molecular weight is 248 g/mol. The van der Waals surface area contributed by atoms with Crippen molar-refractivity contribution < 1.29 is 29.4 Å². The van der Waals surface area contributed by atoms with E-state index in [1.807, 2.05) is 0 Å². The molecular formula is C15H22O2. The summed E-state index contributed by atoms with van der Waals surface area (Å²) in [5.41, 5.74) is 0.204. The SMILES string of the molecule is [2H]/C(=C\Cc1cc(O)cc(O)c1)C([2H])([2H])C([2H])([2H])C([2H])([2H])C([2H])([2H])C([2H])([2H])C([2H])([2H])[2H]. The smallest absolute Gasteiger partial charge is 0.119 e. The van der Waals surface area contributed by atoms with Crippen LogP contribution in [-0.2, 0) is 6.42 Å². The second-order valence-corrected chi connectivity index (χ2v) is 3.04. The van der Waals surface area contributed by atoms with Gasteiger partial charge in [0.2, 0.25) is 0 Å².